The number of hydrogen-bond donors (Lipinski definition) is 1. The van der Waals surface area contributed by atoms with Crippen LogP contribution in [0.3, 0.4) is 0 Å². The number of ketones is 1. The summed E-state index contributed by atoms with van der Waals surface area (Å²) in [5.74, 6) is 0.267. The Kier molecular flexibility index (Phi) is 6.11. The average Bonchev–Trinajstić information content (AvgIpc) is 3.47. The molecule has 0 bridgehead atoms. The number of nitrogens with one attached hydrogen (secondary N) is 1. The molecule has 2 saturated heterocycles. The highest BCUT2D eigenvalue weighted by Gasteiger charge is 2.53. The Morgan fingerprint density at radius 3 is 2.69 bits per heavy atom. The fourth-order valence-corrected chi connectivity index (χ4v) is 5.29. The number of carbonyl (C=O) groups is 3. The molecule has 4 rings (SSSR count). The van der Waals surface area contributed by atoms with Crippen molar-refractivity contribution >= 4 is 18.0 Å². The number of hydrogen-bond acceptors (Lipinski definition) is 5. The molecule has 29 heavy (non-hydrogen) atoms. The Hall–Kier alpha value is -2.05. The lowest BCUT2D eigenvalue weighted by molar-refractivity contribution is -0.138. The van der Waals surface area contributed by atoms with Crippen molar-refractivity contribution in [2.24, 2.45) is 5.92 Å². The molecule has 2 aliphatic heterocycles. The van der Waals surface area contributed by atoms with E-state index in [1.807, 2.05) is 35.2 Å². The van der Waals surface area contributed by atoms with Gasteiger partial charge in [0.05, 0.1) is 12.1 Å². The SMILES string of the molecule is O=CC(CC1CCCC1)(NC(=O)CCc1ccccc1)N1CCC2OCC(=O)C21. The monoisotopic (exact) mass is 398 g/mol. The van der Waals surface area contributed by atoms with Crippen molar-refractivity contribution in [1.82, 2.24) is 10.2 Å². The molecular formula is C23H30N2O4. The van der Waals surface area contributed by atoms with Gasteiger partial charge in [-0.15, -0.1) is 0 Å². The van der Waals surface area contributed by atoms with E-state index in [9.17, 15) is 14.4 Å². The topological polar surface area (TPSA) is 75.7 Å². The number of fused-ring (bicyclic) bond motifs is 1. The third kappa shape index (κ3) is 4.28. The largest absolute Gasteiger partial charge is 0.368 e. The van der Waals surface area contributed by atoms with E-state index in [1.54, 1.807) is 0 Å². The van der Waals surface area contributed by atoms with E-state index >= 15 is 0 Å². The van der Waals surface area contributed by atoms with Crippen molar-refractivity contribution in [2.75, 3.05) is 13.2 Å². The molecule has 6 nitrogen and oxygen atoms in total. The summed E-state index contributed by atoms with van der Waals surface area (Å²) in [4.78, 5) is 39.8. The first-order valence-electron chi connectivity index (χ1n) is 10.8. The minimum atomic E-state index is -1.12. The zero-order valence-electron chi connectivity index (χ0n) is 16.8. The molecule has 0 aromatic heterocycles. The van der Waals surface area contributed by atoms with Crippen molar-refractivity contribution < 1.29 is 19.1 Å². The lowest BCUT2D eigenvalue weighted by Crippen LogP contribution is -2.65. The summed E-state index contributed by atoms with van der Waals surface area (Å²) in [7, 11) is 0. The molecule has 3 unspecified atom stereocenters. The Bertz CT molecular complexity index is 747. The van der Waals surface area contributed by atoms with Gasteiger partial charge < -0.3 is 10.1 Å². The number of Topliss-reactive ketones (excluding diaryl/α,β-unsaturated/α-hetero) is 1. The van der Waals surface area contributed by atoms with E-state index in [0.29, 0.717) is 31.7 Å². The molecule has 156 valence electrons. The molecule has 1 aliphatic carbocycles. The molecule has 1 saturated carbocycles. The molecule has 1 amide bonds. The fraction of sp³-hybridized carbons (Fsp3) is 0.609. The summed E-state index contributed by atoms with van der Waals surface area (Å²) in [6.45, 7) is 0.692. The normalized spacial score (nSPS) is 27.0. The molecule has 0 radical (unpaired) electrons. The molecule has 1 N–H and O–H groups in total. The van der Waals surface area contributed by atoms with E-state index in [4.69, 9.17) is 4.74 Å². The van der Waals surface area contributed by atoms with Crippen LogP contribution < -0.4 is 5.32 Å². The van der Waals surface area contributed by atoms with Crippen LogP contribution in [0.2, 0.25) is 0 Å². The Morgan fingerprint density at radius 2 is 1.97 bits per heavy atom. The highest BCUT2D eigenvalue weighted by molar-refractivity contribution is 5.89. The number of ether oxygens (including phenoxy) is 1. The maximum absolute atomic E-state index is 12.9. The molecule has 2 heterocycles. The van der Waals surface area contributed by atoms with Crippen LogP contribution in [0.5, 0.6) is 0 Å². The van der Waals surface area contributed by atoms with Crippen molar-refractivity contribution in [3.63, 3.8) is 0 Å². The molecule has 1 aromatic carbocycles. The summed E-state index contributed by atoms with van der Waals surface area (Å²) < 4.78 is 5.62. The quantitative estimate of drug-likeness (QED) is 0.680. The van der Waals surface area contributed by atoms with Gasteiger partial charge in [0.1, 0.15) is 6.61 Å². The van der Waals surface area contributed by atoms with Gasteiger partial charge in [0.15, 0.2) is 17.7 Å². The van der Waals surface area contributed by atoms with Crippen LogP contribution in [0.15, 0.2) is 30.3 Å². The second-order valence-corrected chi connectivity index (χ2v) is 8.67. The van der Waals surface area contributed by atoms with Crippen LogP contribution in [-0.2, 0) is 25.5 Å². The van der Waals surface area contributed by atoms with Gasteiger partial charge >= 0.3 is 0 Å². The number of nitrogens with zero attached hydrogens (tertiary/aromatic N) is 1. The van der Waals surface area contributed by atoms with Gasteiger partial charge in [0.25, 0.3) is 0 Å². The number of aryl methyl sites for hydroxylation is 1. The lowest BCUT2D eigenvalue weighted by atomic mass is 9.91. The predicted molar refractivity (Wildman–Crippen MR) is 108 cm³/mol. The maximum atomic E-state index is 12.9. The fourth-order valence-electron chi connectivity index (χ4n) is 5.29. The summed E-state index contributed by atoms with van der Waals surface area (Å²) >= 11 is 0. The minimum absolute atomic E-state index is 0.0173. The van der Waals surface area contributed by atoms with Gasteiger partial charge in [-0.1, -0.05) is 56.0 Å². The van der Waals surface area contributed by atoms with Gasteiger partial charge in [0.2, 0.25) is 5.91 Å². The van der Waals surface area contributed by atoms with Crippen molar-refractivity contribution in [3.05, 3.63) is 35.9 Å². The Balaban J connectivity index is 1.51. The van der Waals surface area contributed by atoms with E-state index in [1.165, 1.54) is 0 Å². The smallest absolute Gasteiger partial charge is 0.222 e. The molecule has 6 heteroatoms. The van der Waals surface area contributed by atoms with Crippen LogP contribution in [0.4, 0.5) is 0 Å². The van der Waals surface area contributed by atoms with Crippen molar-refractivity contribution in [2.45, 2.75) is 69.2 Å². The zero-order chi connectivity index (χ0) is 20.3. The van der Waals surface area contributed by atoms with E-state index in [0.717, 1.165) is 44.0 Å². The standard InChI is InChI=1S/C23H30N2O4/c26-16-23(14-18-8-4-5-9-18,25-13-12-20-22(25)19(27)15-29-20)24-21(28)11-10-17-6-2-1-3-7-17/h1-3,6-7,16,18,20,22H,4-5,8-15H2,(H,24,28). The zero-order valence-corrected chi connectivity index (χ0v) is 16.8. The highest BCUT2D eigenvalue weighted by atomic mass is 16.5. The van der Waals surface area contributed by atoms with Crippen LogP contribution in [0.25, 0.3) is 0 Å². The number of rotatable bonds is 8. The third-order valence-electron chi connectivity index (χ3n) is 6.73. The van der Waals surface area contributed by atoms with E-state index < -0.39 is 11.7 Å². The van der Waals surface area contributed by atoms with Gasteiger partial charge in [-0.25, -0.2) is 0 Å². The second kappa shape index (κ2) is 8.76. The molecule has 3 aliphatic rings. The van der Waals surface area contributed by atoms with Crippen LogP contribution in [-0.4, -0.2) is 53.8 Å². The molecule has 1 aromatic rings. The average molecular weight is 399 g/mol. The number of amides is 1. The summed E-state index contributed by atoms with van der Waals surface area (Å²) in [5.41, 5.74) is -0.0262. The van der Waals surface area contributed by atoms with Crippen LogP contribution in [0.1, 0.15) is 50.5 Å². The maximum Gasteiger partial charge on any atom is 0.222 e. The number of aldehydes is 1. The van der Waals surface area contributed by atoms with Crippen molar-refractivity contribution in [1.29, 1.82) is 0 Å². The molecule has 3 atom stereocenters. The number of likely N-dealkylation sites (tertiary alicyclic amines) is 1. The first-order valence-corrected chi connectivity index (χ1v) is 10.8. The van der Waals surface area contributed by atoms with Gasteiger partial charge in [-0.3, -0.25) is 19.3 Å². The Morgan fingerprint density at radius 1 is 1.21 bits per heavy atom. The van der Waals surface area contributed by atoms with E-state index in [2.05, 4.69) is 5.32 Å². The lowest BCUT2D eigenvalue weighted by Gasteiger charge is -2.42. The first-order chi connectivity index (χ1) is 14.1. The molecule has 3 fully saturated rings. The highest BCUT2D eigenvalue weighted by Crippen LogP contribution is 2.38. The number of benzene rings is 1. The predicted octanol–water partition coefficient (Wildman–Crippen LogP) is 2.25. The third-order valence-corrected chi connectivity index (χ3v) is 6.73. The number of carbonyl (C=O) groups excluding carboxylic acids is 3. The first kappa shape index (κ1) is 20.2. The summed E-state index contributed by atoms with van der Waals surface area (Å²) in [6.07, 6.45) is 7.41. The van der Waals surface area contributed by atoms with Gasteiger partial charge in [0, 0.05) is 13.0 Å². The Labute approximate surface area is 172 Å². The van der Waals surface area contributed by atoms with Crippen LogP contribution >= 0.6 is 0 Å². The second-order valence-electron chi connectivity index (χ2n) is 8.67. The van der Waals surface area contributed by atoms with Gasteiger partial charge in [-0.2, -0.15) is 0 Å². The van der Waals surface area contributed by atoms with E-state index in [-0.39, 0.29) is 24.4 Å². The van der Waals surface area contributed by atoms with Gasteiger partial charge in [-0.05, 0) is 30.7 Å². The molecule has 0 spiro atoms. The summed E-state index contributed by atoms with van der Waals surface area (Å²) in [6, 6.07) is 9.44. The minimum Gasteiger partial charge on any atom is -0.368 e. The summed E-state index contributed by atoms with van der Waals surface area (Å²) in [5, 5.41) is 3.06. The van der Waals surface area contributed by atoms with Crippen LogP contribution in [0, 0.1) is 5.92 Å². The van der Waals surface area contributed by atoms with Crippen molar-refractivity contribution in [3.8, 4) is 0 Å². The molecular weight excluding hydrogens is 368 g/mol.